The summed E-state index contributed by atoms with van der Waals surface area (Å²) in [6, 6.07) is 0.293. The monoisotopic (exact) mass is 280 g/mol. The standard InChI is InChI=1S/C15H24N2O3/c1-10(11-4-5-11)17(12-6-7-12)14(18)9-16-8-2-3-13(16)15(19)20/h10-13H,2-9H2,1H3,(H,19,20). The van der Waals surface area contributed by atoms with E-state index in [0.717, 1.165) is 25.8 Å². The van der Waals surface area contributed by atoms with E-state index in [1.165, 1.54) is 12.8 Å². The molecule has 1 saturated heterocycles. The molecule has 5 nitrogen and oxygen atoms in total. The number of carboxylic acid groups (broad SMARTS) is 1. The first-order valence-corrected chi connectivity index (χ1v) is 7.86. The molecule has 3 rings (SSSR count). The lowest BCUT2D eigenvalue weighted by molar-refractivity contribution is -0.144. The van der Waals surface area contributed by atoms with E-state index in [9.17, 15) is 14.7 Å². The van der Waals surface area contributed by atoms with Gasteiger partial charge in [0, 0.05) is 12.1 Å². The number of aliphatic carboxylic acids is 1. The second-order valence-corrected chi connectivity index (χ2v) is 6.58. The van der Waals surface area contributed by atoms with Crippen molar-refractivity contribution in [3.63, 3.8) is 0 Å². The van der Waals surface area contributed by atoms with E-state index in [0.29, 0.717) is 24.4 Å². The maximum Gasteiger partial charge on any atom is 0.320 e. The highest BCUT2D eigenvalue weighted by atomic mass is 16.4. The first-order valence-electron chi connectivity index (χ1n) is 7.86. The number of amides is 1. The van der Waals surface area contributed by atoms with E-state index in [2.05, 4.69) is 11.8 Å². The topological polar surface area (TPSA) is 60.9 Å². The van der Waals surface area contributed by atoms with E-state index in [1.54, 1.807) is 0 Å². The van der Waals surface area contributed by atoms with Crippen molar-refractivity contribution in [2.24, 2.45) is 5.92 Å². The van der Waals surface area contributed by atoms with Crippen LogP contribution >= 0.6 is 0 Å². The number of nitrogens with zero attached hydrogens (tertiary/aromatic N) is 2. The van der Waals surface area contributed by atoms with Crippen LogP contribution in [0.15, 0.2) is 0 Å². The Kier molecular flexibility index (Phi) is 3.71. The van der Waals surface area contributed by atoms with Gasteiger partial charge in [0.25, 0.3) is 0 Å². The van der Waals surface area contributed by atoms with Crippen LogP contribution in [-0.4, -0.2) is 58.0 Å². The van der Waals surface area contributed by atoms with Gasteiger partial charge in [0.15, 0.2) is 0 Å². The van der Waals surface area contributed by atoms with Crippen molar-refractivity contribution in [3.05, 3.63) is 0 Å². The van der Waals surface area contributed by atoms with Gasteiger partial charge in [-0.2, -0.15) is 0 Å². The lowest BCUT2D eigenvalue weighted by Crippen LogP contribution is -2.48. The Balaban J connectivity index is 1.62. The van der Waals surface area contributed by atoms with Crippen molar-refractivity contribution in [1.82, 2.24) is 9.80 Å². The van der Waals surface area contributed by atoms with Crippen molar-refractivity contribution < 1.29 is 14.7 Å². The molecule has 0 radical (unpaired) electrons. The van der Waals surface area contributed by atoms with Crippen LogP contribution in [0.5, 0.6) is 0 Å². The van der Waals surface area contributed by atoms with Crippen LogP contribution in [0.4, 0.5) is 0 Å². The van der Waals surface area contributed by atoms with Gasteiger partial charge in [-0.25, -0.2) is 0 Å². The number of hydrogen-bond donors (Lipinski definition) is 1. The van der Waals surface area contributed by atoms with Crippen molar-refractivity contribution in [2.45, 2.75) is 63.6 Å². The average Bonchev–Trinajstić information content (AvgIpc) is 3.28. The third-order valence-corrected chi connectivity index (χ3v) is 4.96. The first kappa shape index (κ1) is 13.9. The summed E-state index contributed by atoms with van der Waals surface area (Å²) >= 11 is 0. The minimum atomic E-state index is -0.788. The fourth-order valence-corrected chi connectivity index (χ4v) is 3.47. The lowest BCUT2D eigenvalue weighted by Gasteiger charge is -2.32. The van der Waals surface area contributed by atoms with Crippen LogP contribution in [0.3, 0.4) is 0 Å². The van der Waals surface area contributed by atoms with Gasteiger partial charge in [-0.05, 0) is 57.9 Å². The Morgan fingerprint density at radius 3 is 2.50 bits per heavy atom. The van der Waals surface area contributed by atoms with Gasteiger partial charge in [-0.15, -0.1) is 0 Å². The summed E-state index contributed by atoms with van der Waals surface area (Å²) in [4.78, 5) is 27.7. The van der Waals surface area contributed by atoms with Gasteiger partial charge in [0.2, 0.25) is 5.91 Å². The zero-order chi connectivity index (χ0) is 14.3. The molecule has 112 valence electrons. The summed E-state index contributed by atoms with van der Waals surface area (Å²) in [5.74, 6) is 0.0250. The third kappa shape index (κ3) is 2.82. The number of likely N-dealkylation sites (tertiary alicyclic amines) is 1. The molecule has 2 atom stereocenters. The van der Waals surface area contributed by atoms with E-state index in [4.69, 9.17) is 0 Å². The molecule has 20 heavy (non-hydrogen) atoms. The number of carboxylic acids is 1. The van der Waals surface area contributed by atoms with E-state index < -0.39 is 12.0 Å². The quantitative estimate of drug-likeness (QED) is 0.797. The minimum Gasteiger partial charge on any atom is -0.480 e. The van der Waals surface area contributed by atoms with E-state index in [-0.39, 0.29) is 12.5 Å². The summed E-state index contributed by atoms with van der Waals surface area (Å²) in [6.07, 6.45) is 6.25. The Bertz CT molecular complexity index is 404. The van der Waals surface area contributed by atoms with Gasteiger partial charge in [-0.3, -0.25) is 14.5 Å². The highest BCUT2D eigenvalue weighted by Crippen LogP contribution is 2.39. The van der Waals surface area contributed by atoms with Crippen LogP contribution in [0.2, 0.25) is 0 Å². The second-order valence-electron chi connectivity index (χ2n) is 6.58. The second kappa shape index (κ2) is 5.35. The normalized spacial score (nSPS) is 28.4. The maximum atomic E-state index is 12.6. The molecule has 1 heterocycles. The smallest absolute Gasteiger partial charge is 0.320 e. The summed E-state index contributed by atoms with van der Waals surface area (Å²) in [5, 5.41) is 9.20. The van der Waals surface area contributed by atoms with Crippen LogP contribution in [0.25, 0.3) is 0 Å². The zero-order valence-corrected chi connectivity index (χ0v) is 12.1. The van der Waals surface area contributed by atoms with Gasteiger partial charge in [0.1, 0.15) is 6.04 Å². The average molecular weight is 280 g/mol. The van der Waals surface area contributed by atoms with E-state index in [1.807, 2.05) is 4.90 Å². The number of hydrogen-bond acceptors (Lipinski definition) is 3. The SMILES string of the molecule is CC(C1CC1)N(C(=O)CN1CCCC1C(=O)O)C1CC1. The van der Waals surface area contributed by atoms with Crippen molar-refractivity contribution in [3.8, 4) is 0 Å². The molecule has 1 N–H and O–H groups in total. The van der Waals surface area contributed by atoms with Crippen molar-refractivity contribution in [2.75, 3.05) is 13.1 Å². The van der Waals surface area contributed by atoms with Crippen LogP contribution < -0.4 is 0 Å². The Morgan fingerprint density at radius 1 is 1.25 bits per heavy atom. The van der Waals surface area contributed by atoms with Crippen LogP contribution in [-0.2, 0) is 9.59 Å². The zero-order valence-electron chi connectivity index (χ0n) is 12.1. The maximum absolute atomic E-state index is 12.6. The largest absolute Gasteiger partial charge is 0.480 e. The highest BCUT2D eigenvalue weighted by molar-refractivity contribution is 5.81. The number of rotatable bonds is 6. The molecule has 0 aromatic carbocycles. The number of carbonyl (C=O) groups is 2. The molecule has 1 amide bonds. The van der Waals surface area contributed by atoms with Crippen molar-refractivity contribution >= 4 is 11.9 Å². The molecular weight excluding hydrogens is 256 g/mol. The molecule has 0 spiro atoms. The van der Waals surface area contributed by atoms with E-state index >= 15 is 0 Å². The molecule has 0 aromatic heterocycles. The molecule has 2 saturated carbocycles. The predicted octanol–water partition coefficient (Wildman–Crippen LogP) is 1.32. The molecule has 3 aliphatic rings. The third-order valence-electron chi connectivity index (χ3n) is 4.96. The van der Waals surface area contributed by atoms with Crippen LogP contribution in [0.1, 0.15) is 45.4 Å². The predicted molar refractivity (Wildman–Crippen MR) is 74.3 cm³/mol. The molecule has 0 aromatic rings. The molecular formula is C15H24N2O3. The molecule has 2 aliphatic carbocycles. The van der Waals surface area contributed by atoms with Gasteiger partial charge >= 0.3 is 5.97 Å². The summed E-state index contributed by atoms with van der Waals surface area (Å²) in [5.41, 5.74) is 0. The Hall–Kier alpha value is -1.10. The van der Waals surface area contributed by atoms with Gasteiger partial charge < -0.3 is 10.0 Å². The first-order chi connectivity index (χ1) is 9.58. The Morgan fingerprint density at radius 2 is 1.95 bits per heavy atom. The van der Waals surface area contributed by atoms with Crippen LogP contribution in [0, 0.1) is 5.92 Å². The number of carbonyl (C=O) groups excluding carboxylic acids is 1. The highest BCUT2D eigenvalue weighted by Gasteiger charge is 2.42. The minimum absolute atomic E-state index is 0.139. The fourth-order valence-electron chi connectivity index (χ4n) is 3.47. The Labute approximate surface area is 119 Å². The molecule has 0 bridgehead atoms. The molecule has 1 aliphatic heterocycles. The lowest BCUT2D eigenvalue weighted by atomic mass is 10.1. The summed E-state index contributed by atoms with van der Waals surface area (Å²) in [6.45, 7) is 3.18. The summed E-state index contributed by atoms with van der Waals surface area (Å²) < 4.78 is 0. The molecule has 2 unspecified atom stereocenters. The van der Waals surface area contributed by atoms with Gasteiger partial charge in [0.05, 0.1) is 6.54 Å². The van der Waals surface area contributed by atoms with Gasteiger partial charge in [-0.1, -0.05) is 0 Å². The van der Waals surface area contributed by atoms with Crippen molar-refractivity contribution in [1.29, 1.82) is 0 Å². The summed E-state index contributed by atoms with van der Waals surface area (Å²) in [7, 11) is 0. The molecule has 5 heteroatoms. The molecule has 3 fully saturated rings. The fraction of sp³-hybridized carbons (Fsp3) is 0.867.